The van der Waals surface area contributed by atoms with Crippen molar-refractivity contribution in [1.82, 2.24) is 9.78 Å². The maximum Gasteiger partial charge on any atom is 0.387 e. The van der Waals surface area contributed by atoms with E-state index in [4.69, 9.17) is 4.42 Å². The van der Waals surface area contributed by atoms with Gasteiger partial charge in [-0.05, 0) is 54.0 Å². The number of halogens is 4. The standard InChI is InChI=1S/C18H15BrF3N3O3/c1-9-16(19)10(2)25(24-9)8-12-4-6-14(27-12)17(26)23-13-5-3-11(20)7-15(13)28-18(21)22/h3-7,18H,8H2,1-2H3,(H,23,26). The van der Waals surface area contributed by atoms with Crippen LogP contribution < -0.4 is 10.1 Å². The number of rotatable bonds is 6. The minimum absolute atomic E-state index is 0.0390. The van der Waals surface area contributed by atoms with E-state index in [0.29, 0.717) is 12.3 Å². The highest BCUT2D eigenvalue weighted by Crippen LogP contribution is 2.28. The van der Waals surface area contributed by atoms with Crippen LogP contribution in [0.4, 0.5) is 18.9 Å². The van der Waals surface area contributed by atoms with Crippen LogP contribution in [-0.2, 0) is 6.54 Å². The number of carbonyl (C=O) groups excluding carboxylic acids is 1. The quantitative estimate of drug-likeness (QED) is 0.571. The van der Waals surface area contributed by atoms with Gasteiger partial charge in [-0.2, -0.15) is 13.9 Å². The Morgan fingerprint density at radius 1 is 1.32 bits per heavy atom. The zero-order valence-corrected chi connectivity index (χ0v) is 16.4. The summed E-state index contributed by atoms with van der Waals surface area (Å²) in [5.74, 6) is -1.51. The highest BCUT2D eigenvalue weighted by atomic mass is 79.9. The normalized spacial score (nSPS) is 11.1. The van der Waals surface area contributed by atoms with E-state index in [2.05, 4.69) is 31.1 Å². The van der Waals surface area contributed by atoms with Crippen molar-refractivity contribution in [1.29, 1.82) is 0 Å². The molecular formula is C18H15BrF3N3O3. The third-order valence-electron chi connectivity index (χ3n) is 3.89. The van der Waals surface area contributed by atoms with Gasteiger partial charge in [0.2, 0.25) is 0 Å². The Balaban J connectivity index is 1.75. The van der Waals surface area contributed by atoms with Gasteiger partial charge in [-0.1, -0.05) is 0 Å². The minimum Gasteiger partial charge on any atom is -0.454 e. The lowest BCUT2D eigenvalue weighted by molar-refractivity contribution is -0.0495. The van der Waals surface area contributed by atoms with E-state index in [1.54, 1.807) is 10.7 Å². The number of carbonyl (C=O) groups is 1. The number of benzene rings is 1. The summed E-state index contributed by atoms with van der Waals surface area (Å²) in [6.07, 6.45) is 0. The topological polar surface area (TPSA) is 69.3 Å². The van der Waals surface area contributed by atoms with Gasteiger partial charge in [0.1, 0.15) is 11.6 Å². The van der Waals surface area contributed by atoms with Crippen molar-refractivity contribution in [3.63, 3.8) is 0 Å². The summed E-state index contributed by atoms with van der Waals surface area (Å²) in [7, 11) is 0. The Morgan fingerprint density at radius 3 is 2.71 bits per heavy atom. The average molecular weight is 458 g/mol. The van der Waals surface area contributed by atoms with E-state index < -0.39 is 24.1 Å². The summed E-state index contributed by atoms with van der Waals surface area (Å²) in [6, 6.07) is 5.96. The summed E-state index contributed by atoms with van der Waals surface area (Å²) in [5, 5.41) is 6.73. The second-order valence-electron chi connectivity index (χ2n) is 5.88. The fourth-order valence-corrected chi connectivity index (χ4v) is 2.82. The van der Waals surface area contributed by atoms with Gasteiger partial charge < -0.3 is 14.5 Å². The van der Waals surface area contributed by atoms with Gasteiger partial charge >= 0.3 is 6.61 Å². The molecule has 0 unspecified atom stereocenters. The van der Waals surface area contributed by atoms with Crippen LogP contribution in [0.3, 0.4) is 0 Å². The van der Waals surface area contributed by atoms with Gasteiger partial charge in [0.05, 0.1) is 28.1 Å². The summed E-state index contributed by atoms with van der Waals surface area (Å²) < 4.78 is 50.6. The van der Waals surface area contributed by atoms with Gasteiger partial charge in [-0.3, -0.25) is 9.48 Å². The van der Waals surface area contributed by atoms with Crippen molar-refractivity contribution in [3.05, 3.63) is 63.5 Å². The number of hydrogen-bond donors (Lipinski definition) is 1. The molecule has 0 fully saturated rings. The van der Waals surface area contributed by atoms with Crippen molar-refractivity contribution >= 4 is 27.5 Å². The maximum atomic E-state index is 13.3. The van der Waals surface area contributed by atoms with Crippen molar-refractivity contribution < 1.29 is 27.1 Å². The molecular weight excluding hydrogens is 443 g/mol. The van der Waals surface area contributed by atoms with Crippen LogP contribution in [0.2, 0.25) is 0 Å². The van der Waals surface area contributed by atoms with E-state index in [1.807, 2.05) is 13.8 Å². The Labute approximate surface area is 166 Å². The number of nitrogens with zero attached hydrogens (tertiary/aromatic N) is 2. The molecule has 2 aromatic heterocycles. The molecule has 0 aliphatic heterocycles. The fraction of sp³-hybridized carbons (Fsp3) is 0.222. The first kappa shape index (κ1) is 20.0. The molecule has 0 bridgehead atoms. The smallest absolute Gasteiger partial charge is 0.387 e. The van der Waals surface area contributed by atoms with E-state index in [1.165, 1.54) is 6.07 Å². The molecule has 1 aromatic carbocycles. The average Bonchev–Trinajstić information content (AvgIpc) is 3.18. The number of ether oxygens (including phenoxy) is 1. The molecule has 3 aromatic rings. The minimum atomic E-state index is -3.16. The molecule has 2 heterocycles. The van der Waals surface area contributed by atoms with E-state index >= 15 is 0 Å². The van der Waals surface area contributed by atoms with E-state index in [0.717, 1.165) is 34.1 Å². The number of alkyl halides is 2. The van der Waals surface area contributed by atoms with Crippen LogP contribution in [0.25, 0.3) is 0 Å². The second kappa shape index (κ2) is 8.09. The highest BCUT2D eigenvalue weighted by molar-refractivity contribution is 9.10. The Kier molecular flexibility index (Phi) is 5.78. The lowest BCUT2D eigenvalue weighted by Gasteiger charge is -2.11. The fourth-order valence-electron chi connectivity index (χ4n) is 2.54. The number of nitrogens with one attached hydrogen (secondary N) is 1. The number of aryl methyl sites for hydroxylation is 1. The molecule has 0 radical (unpaired) electrons. The molecule has 3 rings (SSSR count). The molecule has 0 saturated heterocycles. The van der Waals surface area contributed by atoms with Crippen molar-refractivity contribution in [2.45, 2.75) is 27.0 Å². The lowest BCUT2D eigenvalue weighted by Crippen LogP contribution is -2.13. The summed E-state index contributed by atoms with van der Waals surface area (Å²) in [5.41, 5.74) is 1.62. The number of furan rings is 1. The maximum absolute atomic E-state index is 13.3. The van der Waals surface area contributed by atoms with Crippen LogP contribution in [0.15, 0.2) is 39.2 Å². The number of aromatic nitrogens is 2. The molecule has 0 aliphatic carbocycles. The first-order chi connectivity index (χ1) is 13.2. The molecule has 1 N–H and O–H groups in total. The SMILES string of the molecule is Cc1nn(Cc2ccc(C(=O)Nc3ccc(F)cc3OC(F)F)o2)c(C)c1Br. The second-order valence-corrected chi connectivity index (χ2v) is 6.67. The van der Waals surface area contributed by atoms with Gasteiger partial charge in [0.25, 0.3) is 5.91 Å². The molecule has 0 aliphatic rings. The van der Waals surface area contributed by atoms with Gasteiger partial charge in [0.15, 0.2) is 11.5 Å². The Hall–Kier alpha value is -2.75. The molecule has 1 amide bonds. The van der Waals surface area contributed by atoms with Crippen LogP contribution in [-0.4, -0.2) is 22.3 Å². The van der Waals surface area contributed by atoms with Crippen LogP contribution >= 0.6 is 15.9 Å². The van der Waals surface area contributed by atoms with Crippen LogP contribution in [0.1, 0.15) is 27.7 Å². The monoisotopic (exact) mass is 457 g/mol. The number of anilines is 1. The Morgan fingerprint density at radius 2 is 2.07 bits per heavy atom. The molecule has 0 atom stereocenters. The zero-order valence-electron chi connectivity index (χ0n) is 14.8. The molecule has 10 heteroatoms. The van der Waals surface area contributed by atoms with Crippen molar-refractivity contribution in [2.75, 3.05) is 5.32 Å². The number of hydrogen-bond acceptors (Lipinski definition) is 4. The van der Waals surface area contributed by atoms with Gasteiger partial charge in [-0.25, -0.2) is 4.39 Å². The van der Waals surface area contributed by atoms with Crippen LogP contribution in [0, 0.1) is 19.7 Å². The van der Waals surface area contributed by atoms with Crippen LogP contribution in [0.5, 0.6) is 5.75 Å². The van der Waals surface area contributed by atoms with Crippen molar-refractivity contribution in [3.8, 4) is 5.75 Å². The summed E-state index contributed by atoms with van der Waals surface area (Å²) >= 11 is 3.44. The Bertz CT molecular complexity index is 1020. The first-order valence-corrected chi connectivity index (χ1v) is 8.88. The predicted octanol–water partition coefficient (Wildman–Crippen LogP) is 4.90. The third kappa shape index (κ3) is 4.38. The summed E-state index contributed by atoms with van der Waals surface area (Å²) in [6.45, 7) is 0.894. The van der Waals surface area contributed by atoms with E-state index in [-0.39, 0.29) is 11.4 Å². The zero-order chi connectivity index (χ0) is 20.4. The molecule has 0 spiro atoms. The van der Waals surface area contributed by atoms with Gasteiger partial charge in [0, 0.05) is 6.07 Å². The summed E-state index contributed by atoms with van der Waals surface area (Å²) in [4.78, 5) is 12.4. The molecule has 28 heavy (non-hydrogen) atoms. The van der Waals surface area contributed by atoms with E-state index in [9.17, 15) is 18.0 Å². The first-order valence-electron chi connectivity index (χ1n) is 8.08. The van der Waals surface area contributed by atoms with Crippen molar-refractivity contribution in [2.24, 2.45) is 0 Å². The molecule has 148 valence electrons. The highest BCUT2D eigenvalue weighted by Gasteiger charge is 2.17. The lowest BCUT2D eigenvalue weighted by atomic mass is 10.2. The molecule has 6 nitrogen and oxygen atoms in total. The predicted molar refractivity (Wildman–Crippen MR) is 98.2 cm³/mol. The van der Waals surface area contributed by atoms with Gasteiger partial charge in [-0.15, -0.1) is 0 Å². The number of amides is 1. The largest absolute Gasteiger partial charge is 0.454 e. The third-order valence-corrected chi connectivity index (χ3v) is 5.04. The molecule has 0 saturated carbocycles.